The van der Waals surface area contributed by atoms with Crippen LogP contribution in [0.1, 0.15) is 32.5 Å². The molecule has 1 saturated heterocycles. The molecule has 1 aromatic carbocycles. The number of para-hydroxylation sites is 2. The van der Waals surface area contributed by atoms with Gasteiger partial charge in [0.05, 0.1) is 23.5 Å². The first-order valence-electron chi connectivity index (χ1n) is 8.67. The molecule has 0 aliphatic carbocycles. The molecule has 1 aliphatic heterocycles. The highest BCUT2D eigenvalue weighted by Gasteiger charge is 2.26. The fourth-order valence-electron chi connectivity index (χ4n) is 3.53. The molecule has 0 spiro atoms. The van der Waals surface area contributed by atoms with Crippen LogP contribution in [-0.2, 0) is 17.9 Å². The van der Waals surface area contributed by atoms with Crippen molar-refractivity contribution in [2.45, 2.75) is 39.8 Å². The van der Waals surface area contributed by atoms with Crippen molar-refractivity contribution in [1.29, 1.82) is 0 Å². The molecule has 3 rings (SSSR count). The van der Waals surface area contributed by atoms with E-state index in [2.05, 4.69) is 39.9 Å². The van der Waals surface area contributed by atoms with Crippen LogP contribution in [0.5, 0.6) is 0 Å². The minimum absolute atomic E-state index is 0.114. The molecule has 0 bridgehead atoms. The molecule has 1 fully saturated rings. The molecule has 1 aliphatic rings. The first-order valence-corrected chi connectivity index (χ1v) is 8.67. The number of carbonyl (C=O) groups is 1. The first-order chi connectivity index (χ1) is 11.2. The second kappa shape index (κ2) is 7.13. The molecule has 5 heteroatoms. The van der Waals surface area contributed by atoms with Gasteiger partial charge in [0.25, 0.3) is 0 Å². The van der Waals surface area contributed by atoms with Gasteiger partial charge in [-0.25, -0.2) is 4.98 Å². The van der Waals surface area contributed by atoms with Crippen LogP contribution in [0.3, 0.4) is 0 Å². The van der Waals surface area contributed by atoms with Crippen LogP contribution >= 0.6 is 0 Å². The summed E-state index contributed by atoms with van der Waals surface area (Å²) in [5, 5.41) is 2.96. The molecule has 1 atom stereocenters. The summed E-state index contributed by atoms with van der Waals surface area (Å²) < 4.78 is 2.28. The highest BCUT2D eigenvalue weighted by molar-refractivity contribution is 5.79. The number of fused-ring (bicyclic) bond motifs is 1. The summed E-state index contributed by atoms with van der Waals surface area (Å²) in [5.41, 5.74) is 2.25. The number of piperidine rings is 1. The summed E-state index contributed by atoms with van der Waals surface area (Å²) in [7, 11) is 0. The van der Waals surface area contributed by atoms with E-state index < -0.39 is 0 Å². The SMILES string of the molecule is CCNC(=O)[C@@H]1CCCN(Cc2nc3ccccc3n2CC)C1. The van der Waals surface area contributed by atoms with Gasteiger partial charge in [0, 0.05) is 19.6 Å². The highest BCUT2D eigenvalue weighted by atomic mass is 16.1. The van der Waals surface area contributed by atoms with Gasteiger partial charge in [-0.1, -0.05) is 12.1 Å². The Kier molecular flexibility index (Phi) is 4.96. The molecule has 0 saturated carbocycles. The number of benzene rings is 1. The van der Waals surface area contributed by atoms with E-state index >= 15 is 0 Å². The summed E-state index contributed by atoms with van der Waals surface area (Å²) in [6.07, 6.45) is 2.07. The van der Waals surface area contributed by atoms with Gasteiger partial charge in [-0.15, -0.1) is 0 Å². The number of imidazole rings is 1. The van der Waals surface area contributed by atoms with Gasteiger partial charge >= 0.3 is 0 Å². The van der Waals surface area contributed by atoms with Crippen LogP contribution in [0.2, 0.25) is 0 Å². The van der Waals surface area contributed by atoms with Gasteiger partial charge in [-0.3, -0.25) is 9.69 Å². The second-order valence-electron chi connectivity index (χ2n) is 6.23. The van der Waals surface area contributed by atoms with Gasteiger partial charge in [-0.05, 0) is 45.4 Å². The normalized spacial score (nSPS) is 19.1. The number of nitrogens with one attached hydrogen (secondary N) is 1. The second-order valence-corrected chi connectivity index (χ2v) is 6.23. The Hall–Kier alpha value is -1.88. The van der Waals surface area contributed by atoms with E-state index in [1.807, 2.05) is 13.0 Å². The quantitative estimate of drug-likeness (QED) is 0.922. The summed E-state index contributed by atoms with van der Waals surface area (Å²) in [6.45, 7) is 8.46. The standard InChI is InChI=1S/C18H26N4O/c1-3-19-18(23)14-8-7-11-21(12-14)13-17-20-15-9-5-6-10-16(15)22(17)4-2/h5-6,9-10,14H,3-4,7-8,11-13H2,1-2H3,(H,19,23)/t14-/m1/s1. The van der Waals surface area contributed by atoms with Crippen molar-refractivity contribution in [1.82, 2.24) is 19.8 Å². The first kappa shape index (κ1) is 16.0. The lowest BCUT2D eigenvalue weighted by atomic mass is 9.97. The summed E-state index contributed by atoms with van der Waals surface area (Å²) >= 11 is 0. The molecule has 1 N–H and O–H groups in total. The van der Waals surface area contributed by atoms with E-state index in [-0.39, 0.29) is 11.8 Å². The maximum atomic E-state index is 12.1. The summed E-state index contributed by atoms with van der Waals surface area (Å²) in [6, 6.07) is 8.29. The van der Waals surface area contributed by atoms with Crippen molar-refractivity contribution in [2.24, 2.45) is 5.92 Å². The molecule has 1 amide bonds. The number of aryl methyl sites for hydroxylation is 1. The Morgan fingerprint density at radius 1 is 1.35 bits per heavy atom. The fourth-order valence-corrected chi connectivity index (χ4v) is 3.53. The number of hydrogen-bond acceptors (Lipinski definition) is 3. The van der Waals surface area contributed by atoms with Gasteiger partial charge < -0.3 is 9.88 Å². The number of aromatic nitrogens is 2. The number of hydrogen-bond donors (Lipinski definition) is 1. The molecule has 0 radical (unpaired) electrons. The average Bonchev–Trinajstić information content (AvgIpc) is 2.92. The minimum atomic E-state index is 0.114. The van der Waals surface area contributed by atoms with Crippen molar-refractivity contribution in [2.75, 3.05) is 19.6 Å². The van der Waals surface area contributed by atoms with Crippen LogP contribution in [0, 0.1) is 5.92 Å². The third-order valence-corrected chi connectivity index (χ3v) is 4.64. The Bertz CT molecular complexity index is 679. The number of likely N-dealkylation sites (tertiary alicyclic amines) is 1. The largest absolute Gasteiger partial charge is 0.356 e. The van der Waals surface area contributed by atoms with Crippen molar-refractivity contribution in [3.05, 3.63) is 30.1 Å². The van der Waals surface area contributed by atoms with E-state index in [0.29, 0.717) is 6.54 Å². The Morgan fingerprint density at radius 2 is 2.17 bits per heavy atom. The summed E-state index contributed by atoms with van der Waals surface area (Å²) in [5.74, 6) is 1.41. The maximum absolute atomic E-state index is 12.1. The van der Waals surface area contributed by atoms with Gasteiger partial charge in [0.1, 0.15) is 5.82 Å². The van der Waals surface area contributed by atoms with Gasteiger partial charge in [0.15, 0.2) is 0 Å². The minimum Gasteiger partial charge on any atom is -0.356 e. The van der Waals surface area contributed by atoms with Crippen molar-refractivity contribution >= 4 is 16.9 Å². The monoisotopic (exact) mass is 314 g/mol. The smallest absolute Gasteiger partial charge is 0.224 e. The molecular weight excluding hydrogens is 288 g/mol. The number of nitrogens with zero attached hydrogens (tertiary/aromatic N) is 3. The van der Waals surface area contributed by atoms with Crippen LogP contribution in [0.4, 0.5) is 0 Å². The molecule has 1 aromatic heterocycles. The average molecular weight is 314 g/mol. The number of carbonyl (C=O) groups excluding carboxylic acids is 1. The molecule has 5 nitrogen and oxygen atoms in total. The lowest BCUT2D eigenvalue weighted by Gasteiger charge is -2.31. The van der Waals surface area contributed by atoms with E-state index in [0.717, 1.165) is 50.4 Å². The van der Waals surface area contributed by atoms with Gasteiger partial charge in [0.2, 0.25) is 5.91 Å². The Morgan fingerprint density at radius 3 is 2.96 bits per heavy atom. The summed E-state index contributed by atoms with van der Waals surface area (Å²) in [4.78, 5) is 19.3. The third kappa shape index (κ3) is 3.39. The zero-order chi connectivity index (χ0) is 16.2. The molecule has 2 aromatic rings. The fraction of sp³-hybridized carbons (Fsp3) is 0.556. The molecule has 2 heterocycles. The predicted molar refractivity (Wildman–Crippen MR) is 92.1 cm³/mol. The van der Waals surface area contributed by atoms with Crippen molar-refractivity contribution in [3.8, 4) is 0 Å². The lowest BCUT2D eigenvalue weighted by Crippen LogP contribution is -2.42. The van der Waals surface area contributed by atoms with Crippen LogP contribution < -0.4 is 5.32 Å². The van der Waals surface area contributed by atoms with E-state index in [1.54, 1.807) is 0 Å². The van der Waals surface area contributed by atoms with E-state index in [1.165, 1.54) is 5.52 Å². The van der Waals surface area contributed by atoms with E-state index in [4.69, 9.17) is 4.98 Å². The number of rotatable bonds is 5. The maximum Gasteiger partial charge on any atom is 0.224 e. The topological polar surface area (TPSA) is 50.2 Å². The highest BCUT2D eigenvalue weighted by Crippen LogP contribution is 2.21. The Labute approximate surface area is 137 Å². The van der Waals surface area contributed by atoms with Crippen molar-refractivity contribution in [3.63, 3.8) is 0 Å². The lowest BCUT2D eigenvalue weighted by molar-refractivity contribution is -0.126. The third-order valence-electron chi connectivity index (χ3n) is 4.64. The molecule has 23 heavy (non-hydrogen) atoms. The van der Waals surface area contributed by atoms with Crippen LogP contribution in [0.25, 0.3) is 11.0 Å². The zero-order valence-electron chi connectivity index (χ0n) is 14.1. The Balaban J connectivity index is 1.75. The number of amides is 1. The van der Waals surface area contributed by atoms with Crippen LogP contribution in [0.15, 0.2) is 24.3 Å². The molecule has 0 unspecified atom stereocenters. The zero-order valence-corrected chi connectivity index (χ0v) is 14.1. The van der Waals surface area contributed by atoms with Gasteiger partial charge in [-0.2, -0.15) is 0 Å². The predicted octanol–water partition coefficient (Wildman–Crippen LogP) is 2.40. The van der Waals surface area contributed by atoms with Crippen LogP contribution in [-0.4, -0.2) is 40.0 Å². The molecular formula is C18H26N4O. The van der Waals surface area contributed by atoms with Crippen molar-refractivity contribution < 1.29 is 4.79 Å². The molecule has 124 valence electrons. The van der Waals surface area contributed by atoms with E-state index in [9.17, 15) is 4.79 Å².